The molecule has 30 heavy (non-hydrogen) atoms. The number of thioether (sulfide) groups is 1. The number of hydrogen-bond acceptors (Lipinski definition) is 3. The van der Waals surface area contributed by atoms with Crippen molar-refractivity contribution >= 4 is 31.7 Å². The zero-order valence-electron chi connectivity index (χ0n) is 19.2. The van der Waals surface area contributed by atoms with Gasteiger partial charge in [-0.1, -0.05) is 64.1 Å². The van der Waals surface area contributed by atoms with Crippen LogP contribution in [-0.2, 0) is 21.4 Å². The summed E-state index contributed by atoms with van der Waals surface area (Å²) in [4.78, 5) is 16.5. The third-order valence-corrected chi connectivity index (χ3v) is 12.0. The molecule has 1 heterocycles. The number of rotatable bonds is 7. The Balaban J connectivity index is 1.78. The van der Waals surface area contributed by atoms with Gasteiger partial charge in [0.2, 0.25) is 0 Å². The normalized spacial score (nSPS) is 17.6. The minimum atomic E-state index is -1.98. The van der Waals surface area contributed by atoms with Crippen molar-refractivity contribution < 1.29 is 9.22 Å². The van der Waals surface area contributed by atoms with Gasteiger partial charge in [-0.15, -0.1) is 11.8 Å². The monoisotopic (exact) mass is 441 g/mol. The van der Waals surface area contributed by atoms with Crippen LogP contribution < -0.4 is 4.90 Å². The SMILES string of the molecule is CCc1c(SCc2ccccc2)cccc1N1CC[C@H](O[Si](C)(C)C(C)(C)C)C1=O. The number of hydrogen-bond donors (Lipinski definition) is 0. The lowest BCUT2D eigenvalue weighted by Crippen LogP contribution is -2.46. The first kappa shape index (κ1) is 23.1. The van der Waals surface area contributed by atoms with E-state index < -0.39 is 8.32 Å². The van der Waals surface area contributed by atoms with Crippen molar-refractivity contribution in [2.75, 3.05) is 11.4 Å². The lowest BCUT2D eigenvalue weighted by Gasteiger charge is -2.37. The summed E-state index contributed by atoms with van der Waals surface area (Å²) < 4.78 is 6.48. The second-order valence-electron chi connectivity index (χ2n) is 9.53. The Kier molecular flexibility index (Phi) is 7.15. The fourth-order valence-electron chi connectivity index (χ4n) is 3.57. The maximum atomic E-state index is 13.3. The number of nitrogens with zero attached hydrogens (tertiary/aromatic N) is 1. The van der Waals surface area contributed by atoms with Crippen molar-refractivity contribution in [2.45, 2.75) is 75.4 Å². The zero-order valence-corrected chi connectivity index (χ0v) is 21.0. The van der Waals surface area contributed by atoms with E-state index in [1.54, 1.807) is 0 Å². The Morgan fingerprint density at radius 1 is 1.10 bits per heavy atom. The van der Waals surface area contributed by atoms with Crippen LogP contribution in [-0.4, -0.2) is 26.9 Å². The molecule has 5 heteroatoms. The molecule has 0 radical (unpaired) electrons. The Hall–Kier alpha value is -1.56. The van der Waals surface area contributed by atoms with E-state index in [1.165, 1.54) is 16.0 Å². The Labute approximate surface area is 187 Å². The van der Waals surface area contributed by atoms with Gasteiger partial charge < -0.3 is 9.33 Å². The van der Waals surface area contributed by atoms with Crippen LogP contribution in [0.3, 0.4) is 0 Å². The third-order valence-electron chi connectivity index (χ3n) is 6.39. The molecule has 3 rings (SSSR count). The van der Waals surface area contributed by atoms with E-state index in [1.807, 2.05) is 22.7 Å². The molecule has 0 aliphatic carbocycles. The first-order valence-corrected chi connectivity index (χ1v) is 14.8. The van der Waals surface area contributed by atoms with E-state index in [0.717, 1.165) is 30.8 Å². The number of amides is 1. The Morgan fingerprint density at radius 3 is 2.43 bits per heavy atom. The highest BCUT2D eigenvalue weighted by Crippen LogP contribution is 2.40. The largest absolute Gasteiger partial charge is 0.405 e. The quantitative estimate of drug-likeness (QED) is 0.355. The van der Waals surface area contributed by atoms with Gasteiger partial charge in [0.25, 0.3) is 5.91 Å². The predicted octanol–water partition coefficient (Wildman–Crippen LogP) is 6.67. The molecule has 2 aromatic rings. The number of carbonyl (C=O) groups is 1. The summed E-state index contributed by atoms with van der Waals surface area (Å²) in [7, 11) is -1.98. The number of benzene rings is 2. The lowest BCUT2D eigenvalue weighted by molar-refractivity contribution is -0.123. The van der Waals surface area contributed by atoms with E-state index in [9.17, 15) is 4.79 Å². The van der Waals surface area contributed by atoms with Gasteiger partial charge in [-0.3, -0.25) is 4.79 Å². The van der Waals surface area contributed by atoms with Gasteiger partial charge in [0.15, 0.2) is 8.32 Å². The summed E-state index contributed by atoms with van der Waals surface area (Å²) in [6.45, 7) is 14.0. The Morgan fingerprint density at radius 2 is 1.80 bits per heavy atom. The fourth-order valence-corrected chi connectivity index (χ4v) is 5.96. The van der Waals surface area contributed by atoms with Crippen molar-refractivity contribution in [1.29, 1.82) is 0 Å². The molecule has 0 N–H and O–H groups in total. The number of anilines is 1. The van der Waals surface area contributed by atoms with Gasteiger partial charge in [0.05, 0.1) is 0 Å². The first-order valence-electron chi connectivity index (χ1n) is 10.9. The highest BCUT2D eigenvalue weighted by Gasteiger charge is 2.44. The molecule has 1 saturated heterocycles. The van der Waals surface area contributed by atoms with Crippen molar-refractivity contribution in [3.8, 4) is 0 Å². The van der Waals surface area contributed by atoms with Crippen LogP contribution in [0.4, 0.5) is 5.69 Å². The van der Waals surface area contributed by atoms with Crippen LogP contribution in [0.15, 0.2) is 53.4 Å². The zero-order chi connectivity index (χ0) is 21.9. The second kappa shape index (κ2) is 9.29. The van der Waals surface area contributed by atoms with Crippen LogP contribution in [0.2, 0.25) is 18.1 Å². The minimum Gasteiger partial charge on any atom is -0.405 e. The second-order valence-corrected chi connectivity index (χ2v) is 15.3. The van der Waals surface area contributed by atoms with Crippen LogP contribution >= 0.6 is 11.8 Å². The topological polar surface area (TPSA) is 29.5 Å². The highest BCUT2D eigenvalue weighted by molar-refractivity contribution is 7.98. The summed E-state index contributed by atoms with van der Waals surface area (Å²) in [5.41, 5.74) is 3.64. The standard InChI is InChI=1S/C25H35NO2SSi/c1-7-20-21(14-11-15-23(20)29-18-19-12-9-8-10-13-19)26-17-16-22(24(26)27)28-30(5,6)25(2,3)4/h8-15,22H,7,16-18H2,1-6H3/t22-/m0/s1. The maximum absolute atomic E-state index is 13.3. The summed E-state index contributed by atoms with van der Waals surface area (Å²) in [6.07, 6.45) is 1.37. The van der Waals surface area contributed by atoms with E-state index in [0.29, 0.717) is 0 Å². The molecule has 1 aliphatic rings. The Bertz CT molecular complexity index is 876. The molecule has 0 saturated carbocycles. The molecular formula is C25H35NO2SSi. The van der Waals surface area contributed by atoms with Gasteiger partial charge in [-0.2, -0.15) is 0 Å². The average molecular weight is 442 g/mol. The van der Waals surface area contributed by atoms with Crippen molar-refractivity contribution in [2.24, 2.45) is 0 Å². The first-order chi connectivity index (χ1) is 14.1. The van der Waals surface area contributed by atoms with Crippen molar-refractivity contribution in [3.63, 3.8) is 0 Å². The van der Waals surface area contributed by atoms with Gasteiger partial charge in [-0.25, -0.2) is 0 Å². The summed E-state index contributed by atoms with van der Waals surface area (Å²) in [5, 5.41) is 0.100. The van der Waals surface area contributed by atoms with Crippen molar-refractivity contribution in [1.82, 2.24) is 0 Å². The van der Waals surface area contributed by atoms with E-state index in [2.05, 4.69) is 83.3 Å². The smallest absolute Gasteiger partial charge is 0.254 e. The number of carbonyl (C=O) groups excluding carboxylic acids is 1. The molecular weight excluding hydrogens is 406 g/mol. The van der Waals surface area contributed by atoms with Crippen LogP contribution in [0.1, 0.15) is 45.2 Å². The lowest BCUT2D eigenvalue weighted by atomic mass is 10.1. The van der Waals surface area contributed by atoms with Crippen LogP contribution in [0.25, 0.3) is 0 Å². The third kappa shape index (κ3) is 5.01. The molecule has 1 amide bonds. The van der Waals surface area contributed by atoms with Gasteiger partial charge >= 0.3 is 0 Å². The molecule has 3 nitrogen and oxygen atoms in total. The molecule has 1 fully saturated rings. The summed E-state index contributed by atoms with van der Waals surface area (Å²) in [5.74, 6) is 1.06. The molecule has 162 valence electrons. The molecule has 0 aromatic heterocycles. The predicted molar refractivity (Wildman–Crippen MR) is 131 cm³/mol. The van der Waals surface area contributed by atoms with Crippen LogP contribution in [0.5, 0.6) is 0 Å². The van der Waals surface area contributed by atoms with Crippen LogP contribution in [0, 0.1) is 0 Å². The molecule has 1 aliphatic heterocycles. The molecule has 2 aromatic carbocycles. The van der Waals surface area contributed by atoms with Crippen molar-refractivity contribution in [3.05, 3.63) is 59.7 Å². The maximum Gasteiger partial charge on any atom is 0.254 e. The van der Waals surface area contributed by atoms with Gasteiger partial charge in [0, 0.05) is 22.9 Å². The molecule has 1 atom stereocenters. The molecule has 0 bridgehead atoms. The summed E-state index contributed by atoms with van der Waals surface area (Å²) >= 11 is 1.85. The highest BCUT2D eigenvalue weighted by atomic mass is 32.2. The van der Waals surface area contributed by atoms with Gasteiger partial charge in [0.1, 0.15) is 6.10 Å². The van der Waals surface area contributed by atoms with E-state index in [4.69, 9.17) is 4.43 Å². The summed E-state index contributed by atoms with van der Waals surface area (Å²) in [6, 6.07) is 16.9. The minimum absolute atomic E-state index is 0.100. The molecule has 0 unspecified atom stereocenters. The van der Waals surface area contributed by atoms with E-state index >= 15 is 0 Å². The average Bonchev–Trinajstić information content (AvgIpc) is 3.05. The molecule has 0 spiro atoms. The van der Waals surface area contributed by atoms with Gasteiger partial charge in [-0.05, 0) is 54.2 Å². The fraction of sp³-hybridized carbons (Fsp3) is 0.480. The van der Waals surface area contributed by atoms with E-state index in [-0.39, 0.29) is 17.0 Å².